The first-order valence-electron chi connectivity index (χ1n) is 9.05. The molecule has 2 aromatic heterocycles. The quantitative estimate of drug-likeness (QED) is 0.699. The summed E-state index contributed by atoms with van der Waals surface area (Å²) in [7, 11) is 1.61. The Morgan fingerprint density at radius 2 is 2.21 bits per heavy atom. The average Bonchev–Trinajstić information content (AvgIpc) is 3.22. The topological polar surface area (TPSA) is 99.4 Å². The molecule has 0 bridgehead atoms. The van der Waals surface area contributed by atoms with E-state index in [1.165, 1.54) is 0 Å². The second-order valence-corrected chi connectivity index (χ2v) is 6.43. The number of methoxy groups -OCH3 is 1. The normalized spacial score (nSPS) is 15.4. The molecule has 0 unspecified atom stereocenters. The lowest BCUT2D eigenvalue weighted by atomic mass is 9.95. The number of aromatic nitrogens is 3. The van der Waals surface area contributed by atoms with Gasteiger partial charge in [-0.2, -0.15) is 4.98 Å². The fraction of sp³-hybridized carbons (Fsp3) is 0.300. The molecule has 28 heavy (non-hydrogen) atoms. The minimum Gasteiger partial charge on any atom is -0.493 e. The smallest absolute Gasteiger partial charge is 0.228 e. The average molecular weight is 380 g/mol. The van der Waals surface area contributed by atoms with Gasteiger partial charge in [0.25, 0.3) is 0 Å². The van der Waals surface area contributed by atoms with E-state index < -0.39 is 0 Å². The van der Waals surface area contributed by atoms with Crippen molar-refractivity contribution in [2.45, 2.75) is 12.8 Å². The van der Waals surface area contributed by atoms with Gasteiger partial charge in [-0.15, -0.1) is 0 Å². The number of pyridine rings is 1. The summed E-state index contributed by atoms with van der Waals surface area (Å²) in [5.41, 5.74) is 1.62. The van der Waals surface area contributed by atoms with Gasteiger partial charge in [-0.05, 0) is 30.2 Å². The molecule has 3 aromatic rings. The third-order valence-corrected chi connectivity index (χ3v) is 4.55. The molecule has 1 atom stereocenters. The zero-order chi connectivity index (χ0) is 19.3. The molecule has 1 N–H and O–H groups in total. The standard InChI is InChI=1S/C20H20N4O4/c1-26-16-7-4-5-13-11-14(12-27-18(13)16)20(25)22-10-8-17-23-19(24-28-17)15-6-2-3-9-21-15/h2-7,9,14H,8,10-12H2,1H3,(H,22,25)/t14-/m1/s1. The Morgan fingerprint density at radius 3 is 3.04 bits per heavy atom. The molecule has 0 radical (unpaired) electrons. The van der Waals surface area contributed by atoms with Gasteiger partial charge in [0.1, 0.15) is 12.3 Å². The molecule has 0 fully saturated rings. The van der Waals surface area contributed by atoms with Gasteiger partial charge >= 0.3 is 0 Å². The van der Waals surface area contributed by atoms with Crippen LogP contribution in [-0.4, -0.2) is 41.3 Å². The maximum atomic E-state index is 12.5. The first kappa shape index (κ1) is 18.0. The van der Waals surface area contributed by atoms with Crippen molar-refractivity contribution >= 4 is 5.91 Å². The number of carbonyl (C=O) groups excluding carboxylic acids is 1. The van der Waals surface area contributed by atoms with E-state index in [0.717, 1.165) is 11.3 Å². The molecule has 8 heteroatoms. The Labute approximate surface area is 161 Å². The molecule has 1 aliphatic rings. The van der Waals surface area contributed by atoms with Crippen LogP contribution < -0.4 is 14.8 Å². The molecule has 144 valence electrons. The lowest BCUT2D eigenvalue weighted by molar-refractivity contribution is -0.126. The first-order valence-corrected chi connectivity index (χ1v) is 9.05. The Morgan fingerprint density at radius 1 is 1.29 bits per heavy atom. The zero-order valence-electron chi connectivity index (χ0n) is 15.4. The van der Waals surface area contributed by atoms with E-state index in [2.05, 4.69) is 20.4 Å². The van der Waals surface area contributed by atoms with Crippen LogP contribution in [0.25, 0.3) is 11.5 Å². The largest absolute Gasteiger partial charge is 0.493 e. The number of benzene rings is 1. The predicted octanol–water partition coefficient (Wildman–Crippen LogP) is 2.05. The number of para-hydroxylation sites is 1. The van der Waals surface area contributed by atoms with Crippen LogP contribution in [0.3, 0.4) is 0 Å². The summed E-state index contributed by atoms with van der Waals surface area (Å²) in [5, 5.41) is 6.84. The van der Waals surface area contributed by atoms with Gasteiger partial charge in [0.2, 0.25) is 17.6 Å². The van der Waals surface area contributed by atoms with Gasteiger partial charge < -0.3 is 19.3 Å². The maximum Gasteiger partial charge on any atom is 0.228 e. The van der Waals surface area contributed by atoms with Crippen molar-refractivity contribution in [2.75, 3.05) is 20.3 Å². The summed E-state index contributed by atoms with van der Waals surface area (Å²) in [5.74, 6) is 2.01. The second-order valence-electron chi connectivity index (χ2n) is 6.43. The maximum absolute atomic E-state index is 12.5. The fourth-order valence-electron chi connectivity index (χ4n) is 3.12. The molecule has 0 aliphatic carbocycles. The minimum absolute atomic E-state index is 0.0575. The number of carbonyl (C=O) groups is 1. The summed E-state index contributed by atoms with van der Waals surface area (Å²) >= 11 is 0. The van der Waals surface area contributed by atoms with Gasteiger partial charge in [-0.25, -0.2) is 0 Å². The van der Waals surface area contributed by atoms with E-state index >= 15 is 0 Å². The molecule has 3 heterocycles. The van der Waals surface area contributed by atoms with E-state index in [1.54, 1.807) is 13.3 Å². The summed E-state index contributed by atoms with van der Waals surface area (Å²) < 4.78 is 16.3. The molecule has 0 spiro atoms. The Bertz CT molecular complexity index is 958. The molecule has 0 saturated carbocycles. The highest BCUT2D eigenvalue weighted by atomic mass is 16.5. The SMILES string of the molecule is COc1cccc2c1OC[C@H](C(=O)NCCc1nc(-c3ccccn3)no1)C2. The van der Waals surface area contributed by atoms with Crippen LogP contribution in [0, 0.1) is 5.92 Å². The lowest BCUT2D eigenvalue weighted by Crippen LogP contribution is -2.38. The van der Waals surface area contributed by atoms with Gasteiger partial charge in [-0.1, -0.05) is 23.4 Å². The van der Waals surface area contributed by atoms with Crippen LogP contribution in [0.1, 0.15) is 11.5 Å². The number of hydrogen-bond acceptors (Lipinski definition) is 7. The molecule has 8 nitrogen and oxygen atoms in total. The monoisotopic (exact) mass is 380 g/mol. The Kier molecular flexibility index (Phi) is 5.18. The van der Waals surface area contributed by atoms with E-state index in [9.17, 15) is 4.79 Å². The number of amides is 1. The molecular weight excluding hydrogens is 360 g/mol. The molecular formula is C20H20N4O4. The number of hydrogen-bond donors (Lipinski definition) is 1. The van der Waals surface area contributed by atoms with Crippen LogP contribution in [-0.2, 0) is 17.6 Å². The van der Waals surface area contributed by atoms with Crippen LogP contribution in [0.4, 0.5) is 0 Å². The number of fused-ring (bicyclic) bond motifs is 1. The highest BCUT2D eigenvalue weighted by Crippen LogP contribution is 2.36. The van der Waals surface area contributed by atoms with Gasteiger partial charge in [0.15, 0.2) is 11.5 Å². The van der Waals surface area contributed by atoms with Crippen molar-refractivity contribution in [3.63, 3.8) is 0 Å². The third-order valence-electron chi connectivity index (χ3n) is 4.55. The van der Waals surface area contributed by atoms with Crippen molar-refractivity contribution in [1.29, 1.82) is 0 Å². The molecule has 4 rings (SSSR count). The molecule has 1 aromatic carbocycles. The van der Waals surface area contributed by atoms with Crippen LogP contribution >= 0.6 is 0 Å². The third kappa shape index (κ3) is 3.80. The highest BCUT2D eigenvalue weighted by Gasteiger charge is 2.27. The van der Waals surface area contributed by atoms with Crippen LogP contribution in [0.5, 0.6) is 11.5 Å². The molecule has 1 amide bonds. The first-order chi connectivity index (χ1) is 13.7. The van der Waals surface area contributed by atoms with Crippen molar-refractivity contribution in [2.24, 2.45) is 5.92 Å². The van der Waals surface area contributed by atoms with Crippen LogP contribution in [0.2, 0.25) is 0 Å². The summed E-state index contributed by atoms with van der Waals surface area (Å²) in [6.45, 7) is 0.730. The van der Waals surface area contributed by atoms with Gasteiger partial charge in [0, 0.05) is 19.2 Å². The number of ether oxygens (including phenoxy) is 2. The second kappa shape index (κ2) is 8.08. The van der Waals surface area contributed by atoms with Gasteiger partial charge in [-0.3, -0.25) is 9.78 Å². The van der Waals surface area contributed by atoms with Crippen molar-refractivity contribution in [3.8, 4) is 23.0 Å². The van der Waals surface area contributed by atoms with E-state index in [1.807, 2.05) is 36.4 Å². The number of nitrogens with one attached hydrogen (secondary N) is 1. The lowest BCUT2D eigenvalue weighted by Gasteiger charge is -2.25. The van der Waals surface area contributed by atoms with Crippen molar-refractivity contribution < 1.29 is 18.8 Å². The van der Waals surface area contributed by atoms with E-state index in [-0.39, 0.29) is 11.8 Å². The summed E-state index contributed by atoms with van der Waals surface area (Å²) in [6, 6.07) is 11.2. The zero-order valence-corrected chi connectivity index (χ0v) is 15.4. The summed E-state index contributed by atoms with van der Waals surface area (Å²) in [6.07, 6.45) is 2.73. The summed E-state index contributed by atoms with van der Waals surface area (Å²) in [4.78, 5) is 21.0. The number of rotatable bonds is 6. The van der Waals surface area contributed by atoms with Gasteiger partial charge in [0.05, 0.1) is 13.0 Å². The van der Waals surface area contributed by atoms with E-state index in [0.29, 0.717) is 49.2 Å². The highest BCUT2D eigenvalue weighted by molar-refractivity contribution is 5.79. The predicted molar refractivity (Wildman–Crippen MR) is 99.9 cm³/mol. The fourth-order valence-corrected chi connectivity index (χ4v) is 3.12. The Hall–Kier alpha value is -3.42. The molecule has 1 aliphatic heterocycles. The van der Waals surface area contributed by atoms with E-state index in [4.69, 9.17) is 14.0 Å². The van der Waals surface area contributed by atoms with Crippen LogP contribution in [0.15, 0.2) is 47.1 Å². The minimum atomic E-state index is -0.244. The molecule has 0 saturated heterocycles. The number of nitrogens with zero attached hydrogens (tertiary/aromatic N) is 3. The van der Waals surface area contributed by atoms with Crippen molar-refractivity contribution in [1.82, 2.24) is 20.4 Å². The van der Waals surface area contributed by atoms with Crippen molar-refractivity contribution in [3.05, 3.63) is 54.0 Å². The Balaban J connectivity index is 1.30.